The standard InChI is InChI=1S/C26H25N3O6/c1-15(30)16-9-11-18(12-10-16)27-25(31)28-21-13-33-24-22(14-34-23(21)24)35-26(32)29-20-8-4-6-17-5-2-3-7-19(17)20/h2-12,21-24H,13-14H2,1H3,(H,29,32)(H2,27,28,31). The largest absolute Gasteiger partial charge is 0.441 e. The molecule has 5 rings (SSSR count). The molecule has 0 aromatic heterocycles. The number of fused-ring (bicyclic) bond motifs is 2. The van der Waals surface area contributed by atoms with Gasteiger partial charge < -0.3 is 24.8 Å². The van der Waals surface area contributed by atoms with Gasteiger partial charge in [0.1, 0.15) is 12.2 Å². The van der Waals surface area contributed by atoms with Crippen LogP contribution in [0, 0.1) is 0 Å². The quantitative estimate of drug-likeness (QED) is 0.482. The molecule has 0 spiro atoms. The van der Waals surface area contributed by atoms with Crippen LogP contribution in [-0.4, -0.2) is 55.5 Å². The highest BCUT2D eigenvalue weighted by atomic mass is 16.6. The predicted octanol–water partition coefficient (Wildman–Crippen LogP) is 3.95. The lowest BCUT2D eigenvalue weighted by Crippen LogP contribution is -2.46. The van der Waals surface area contributed by atoms with Gasteiger partial charge in [0.25, 0.3) is 0 Å². The minimum absolute atomic E-state index is 0.0453. The highest BCUT2D eigenvalue weighted by Gasteiger charge is 2.50. The van der Waals surface area contributed by atoms with Gasteiger partial charge in [-0.05, 0) is 42.6 Å². The number of amides is 3. The van der Waals surface area contributed by atoms with E-state index in [1.165, 1.54) is 6.92 Å². The summed E-state index contributed by atoms with van der Waals surface area (Å²) in [4.78, 5) is 36.4. The molecule has 4 atom stereocenters. The maximum absolute atomic E-state index is 12.6. The molecule has 9 heteroatoms. The molecular weight excluding hydrogens is 450 g/mol. The van der Waals surface area contributed by atoms with E-state index in [-0.39, 0.29) is 19.0 Å². The van der Waals surface area contributed by atoms with E-state index in [0.717, 1.165) is 10.8 Å². The highest BCUT2D eigenvalue weighted by Crippen LogP contribution is 2.30. The van der Waals surface area contributed by atoms with Crippen LogP contribution in [-0.2, 0) is 14.2 Å². The van der Waals surface area contributed by atoms with Gasteiger partial charge in [-0.15, -0.1) is 0 Å². The monoisotopic (exact) mass is 475 g/mol. The van der Waals surface area contributed by atoms with Crippen molar-refractivity contribution in [1.82, 2.24) is 5.32 Å². The molecule has 0 bridgehead atoms. The molecule has 9 nitrogen and oxygen atoms in total. The molecule has 35 heavy (non-hydrogen) atoms. The molecule has 2 fully saturated rings. The summed E-state index contributed by atoms with van der Waals surface area (Å²) in [5.41, 5.74) is 1.78. The second kappa shape index (κ2) is 9.73. The van der Waals surface area contributed by atoms with Gasteiger partial charge in [-0.3, -0.25) is 10.1 Å². The summed E-state index contributed by atoms with van der Waals surface area (Å²) in [5, 5.41) is 10.3. The Hall–Kier alpha value is -3.95. The molecule has 3 aromatic rings. The minimum atomic E-state index is -0.595. The molecule has 2 aliphatic heterocycles. The summed E-state index contributed by atoms with van der Waals surface area (Å²) in [6.45, 7) is 1.89. The van der Waals surface area contributed by atoms with E-state index in [1.54, 1.807) is 24.3 Å². The van der Waals surface area contributed by atoms with E-state index in [4.69, 9.17) is 14.2 Å². The average Bonchev–Trinajstić information content (AvgIpc) is 3.43. The van der Waals surface area contributed by atoms with E-state index < -0.39 is 36.5 Å². The first kappa shape index (κ1) is 22.8. The third-order valence-corrected chi connectivity index (χ3v) is 6.16. The van der Waals surface area contributed by atoms with Crippen molar-refractivity contribution in [2.24, 2.45) is 0 Å². The van der Waals surface area contributed by atoms with Gasteiger partial charge in [-0.1, -0.05) is 36.4 Å². The molecule has 2 heterocycles. The molecule has 4 unspecified atom stereocenters. The maximum atomic E-state index is 12.6. The number of carbonyl (C=O) groups is 3. The fourth-order valence-electron chi connectivity index (χ4n) is 4.42. The van der Waals surface area contributed by atoms with Crippen molar-refractivity contribution in [1.29, 1.82) is 0 Å². The third kappa shape index (κ3) is 4.96. The number of carbonyl (C=O) groups excluding carboxylic acids is 3. The van der Waals surface area contributed by atoms with Crippen LogP contribution in [0.2, 0.25) is 0 Å². The van der Waals surface area contributed by atoms with Crippen LogP contribution in [0.3, 0.4) is 0 Å². The second-order valence-electron chi connectivity index (χ2n) is 8.53. The average molecular weight is 476 g/mol. The maximum Gasteiger partial charge on any atom is 0.412 e. The molecule has 0 radical (unpaired) electrons. The van der Waals surface area contributed by atoms with E-state index >= 15 is 0 Å². The zero-order chi connectivity index (χ0) is 24.4. The number of urea groups is 1. The number of hydrogen-bond donors (Lipinski definition) is 3. The van der Waals surface area contributed by atoms with Crippen LogP contribution in [0.4, 0.5) is 21.0 Å². The summed E-state index contributed by atoms with van der Waals surface area (Å²) in [5.74, 6) is -0.0453. The Morgan fingerprint density at radius 3 is 2.40 bits per heavy atom. The zero-order valence-electron chi connectivity index (χ0n) is 19.0. The second-order valence-corrected chi connectivity index (χ2v) is 8.53. The molecule has 2 saturated heterocycles. The summed E-state index contributed by atoms with van der Waals surface area (Å²) < 4.78 is 17.2. The van der Waals surface area contributed by atoms with Crippen molar-refractivity contribution >= 4 is 40.1 Å². The minimum Gasteiger partial charge on any atom is -0.441 e. The lowest BCUT2D eigenvalue weighted by Gasteiger charge is -2.18. The van der Waals surface area contributed by atoms with Gasteiger partial charge in [0.05, 0.1) is 24.9 Å². The number of benzene rings is 3. The van der Waals surface area contributed by atoms with Gasteiger partial charge in [0, 0.05) is 16.6 Å². The smallest absolute Gasteiger partial charge is 0.412 e. The summed E-state index contributed by atoms with van der Waals surface area (Å²) >= 11 is 0. The van der Waals surface area contributed by atoms with Gasteiger partial charge in [-0.25, -0.2) is 9.59 Å². The summed E-state index contributed by atoms with van der Waals surface area (Å²) in [6, 6.07) is 19.2. The molecule has 180 valence electrons. The number of ketones is 1. The number of Topliss-reactive ketones (excluding diaryl/α,β-unsaturated/α-hetero) is 1. The van der Waals surface area contributed by atoms with Crippen molar-refractivity contribution in [3.8, 4) is 0 Å². The molecule has 0 aliphatic carbocycles. The first-order chi connectivity index (χ1) is 17.0. The van der Waals surface area contributed by atoms with Crippen LogP contribution in [0.15, 0.2) is 66.7 Å². The van der Waals surface area contributed by atoms with Crippen LogP contribution in [0.1, 0.15) is 17.3 Å². The van der Waals surface area contributed by atoms with Crippen LogP contribution >= 0.6 is 0 Å². The number of anilines is 2. The van der Waals surface area contributed by atoms with Gasteiger partial charge in [0.15, 0.2) is 11.9 Å². The Morgan fingerprint density at radius 1 is 0.857 bits per heavy atom. The number of rotatable bonds is 5. The van der Waals surface area contributed by atoms with Crippen molar-refractivity contribution in [3.05, 3.63) is 72.3 Å². The van der Waals surface area contributed by atoms with E-state index in [9.17, 15) is 14.4 Å². The normalized spacial score (nSPS) is 22.9. The molecule has 3 amide bonds. The lowest BCUT2D eigenvalue weighted by atomic mass is 10.1. The Labute approximate surface area is 201 Å². The van der Waals surface area contributed by atoms with E-state index in [0.29, 0.717) is 16.9 Å². The first-order valence-corrected chi connectivity index (χ1v) is 11.3. The van der Waals surface area contributed by atoms with E-state index in [1.807, 2.05) is 42.5 Å². The molecule has 2 aliphatic rings. The van der Waals surface area contributed by atoms with Crippen LogP contribution in [0.25, 0.3) is 10.8 Å². The van der Waals surface area contributed by atoms with Crippen LogP contribution < -0.4 is 16.0 Å². The Balaban J connectivity index is 1.15. The zero-order valence-corrected chi connectivity index (χ0v) is 19.0. The Morgan fingerprint density at radius 2 is 1.60 bits per heavy atom. The third-order valence-electron chi connectivity index (χ3n) is 6.16. The van der Waals surface area contributed by atoms with Gasteiger partial charge in [0.2, 0.25) is 0 Å². The summed E-state index contributed by atoms with van der Waals surface area (Å²) in [6.07, 6.45) is -2.10. The molecule has 3 aromatic carbocycles. The van der Waals surface area contributed by atoms with Crippen molar-refractivity contribution in [3.63, 3.8) is 0 Å². The number of hydrogen-bond acceptors (Lipinski definition) is 6. The van der Waals surface area contributed by atoms with Crippen LogP contribution in [0.5, 0.6) is 0 Å². The van der Waals surface area contributed by atoms with Crippen molar-refractivity contribution < 1.29 is 28.6 Å². The highest BCUT2D eigenvalue weighted by molar-refractivity contribution is 6.00. The Bertz CT molecular complexity index is 1260. The Kier molecular flexibility index (Phi) is 6.35. The molecular formula is C26H25N3O6. The lowest BCUT2D eigenvalue weighted by molar-refractivity contribution is 0.00874. The number of nitrogens with one attached hydrogen (secondary N) is 3. The van der Waals surface area contributed by atoms with Crippen molar-refractivity contribution in [2.75, 3.05) is 23.8 Å². The van der Waals surface area contributed by atoms with Crippen molar-refractivity contribution in [2.45, 2.75) is 31.3 Å². The molecule has 3 N–H and O–H groups in total. The fraction of sp³-hybridized carbons (Fsp3) is 0.269. The number of ether oxygens (including phenoxy) is 3. The fourth-order valence-corrected chi connectivity index (χ4v) is 4.42. The van der Waals surface area contributed by atoms with Gasteiger partial charge in [-0.2, -0.15) is 0 Å². The SMILES string of the molecule is CC(=O)c1ccc(NC(=O)NC2COC3C(OC(=O)Nc4cccc5ccccc45)COC23)cc1. The molecule has 0 saturated carbocycles. The first-order valence-electron chi connectivity index (χ1n) is 11.3. The van der Waals surface area contributed by atoms with Gasteiger partial charge >= 0.3 is 12.1 Å². The summed E-state index contributed by atoms with van der Waals surface area (Å²) in [7, 11) is 0. The van der Waals surface area contributed by atoms with E-state index in [2.05, 4.69) is 16.0 Å². The predicted molar refractivity (Wildman–Crippen MR) is 130 cm³/mol. The topological polar surface area (TPSA) is 115 Å².